The van der Waals surface area contributed by atoms with Crippen molar-refractivity contribution in [3.63, 3.8) is 0 Å². The van der Waals surface area contributed by atoms with Crippen molar-refractivity contribution in [1.29, 1.82) is 5.26 Å². The summed E-state index contributed by atoms with van der Waals surface area (Å²) >= 11 is 0. The van der Waals surface area contributed by atoms with Crippen LogP contribution in [0.15, 0.2) is 18.3 Å². The van der Waals surface area contributed by atoms with Gasteiger partial charge in [-0.3, -0.25) is 4.98 Å². The number of aromatic nitrogens is 1. The Morgan fingerprint density at radius 3 is 2.71 bits per heavy atom. The van der Waals surface area contributed by atoms with Crippen molar-refractivity contribution in [2.24, 2.45) is 0 Å². The second-order valence-electron chi connectivity index (χ2n) is 3.61. The van der Waals surface area contributed by atoms with Gasteiger partial charge in [0.15, 0.2) is 0 Å². The molecule has 0 bridgehead atoms. The quantitative estimate of drug-likeness (QED) is 0.723. The van der Waals surface area contributed by atoms with Crippen LogP contribution in [-0.2, 0) is 0 Å². The van der Waals surface area contributed by atoms with Crippen molar-refractivity contribution >= 4 is 0 Å². The van der Waals surface area contributed by atoms with Gasteiger partial charge in [-0.2, -0.15) is 5.26 Å². The number of nitrogens with one attached hydrogen (secondary N) is 1. The van der Waals surface area contributed by atoms with Crippen LogP contribution in [-0.4, -0.2) is 18.1 Å². The fourth-order valence-corrected chi connectivity index (χ4v) is 1.83. The monoisotopic (exact) mass is 187 g/mol. The summed E-state index contributed by atoms with van der Waals surface area (Å²) in [7, 11) is 0. The van der Waals surface area contributed by atoms with Gasteiger partial charge in [0.1, 0.15) is 6.07 Å². The lowest BCUT2D eigenvalue weighted by Crippen LogP contribution is -2.27. The van der Waals surface area contributed by atoms with Gasteiger partial charge < -0.3 is 5.32 Å². The molecule has 2 heterocycles. The second-order valence-corrected chi connectivity index (χ2v) is 3.61. The molecule has 1 fully saturated rings. The Bertz CT molecular complexity index is 331. The lowest BCUT2D eigenvalue weighted by molar-refractivity contribution is 0.453. The summed E-state index contributed by atoms with van der Waals surface area (Å²) in [5, 5.41) is 12.0. The predicted octanol–water partition coefficient (Wildman–Crippen LogP) is 1.42. The SMILES string of the molecule is N#Cc1ccc(C2CCNCC2)nc1. The van der Waals surface area contributed by atoms with E-state index >= 15 is 0 Å². The third-order valence-corrected chi connectivity index (χ3v) is 2.67. The molecule has 0 saturated carbocycles. The van der Waals surface area contributed by atoms with Crippen molar-refractivity contribution < 1.29 is 0 Å². The largest absolute Gasteiger partial charge is 0.317 e. The topological polar surface area (TPSA) is 48.7 Å². The van der Waals surface area contributed by atoms with E-state index in [0.29, 0.717) is 11.5 Å². The Balaban J connectivity index is 2.12. The van der Waals surface area contributed by atoms with Crippen LogP contribution in [0.3, 0.4) is 0 Å². The van der Waals surface area contributed by atoms with Gasteiger partial charge in [0.25, 0.3) is 0 Å². The Morgan fingerprint density at radius 1 is 1.36 bits per heavy atom. The minimum absolute atomic E-state index is 0.573. The van der Waals surface area contributed by atoms with Gasteiger partial charge in [0, 0.05) is 17.8 Å². The van der Waals surface area contributed by atoms with E-state index in [1.54, 1.807) is 6.20 Å². The fraction of sp³-hybridized carbons (Fsp3) is 0.455. The molecule has 0 radical (unpaired) electrons. The van der Waals surface area contributed by atoms with Crippen LogP contribution in [0.25, 0.3) is 0 Å². The van der Waals surface area contributed by atoms with E-state index in [2.05, 4.69) is 16.4 Å². The lowest BCUT2D eigenvalue weighted by atomic mass is 9.94. The lowest BCUT2D eigenvalue weighted by Gasteiger charge is -2.21. The Kier molecular flexibility index (Phi) is 2.76. The van der Waals surface area contributed by atoms with E-state index < -0.39 is 0 Å². The van der Waals surface area contributed by atoms with Crippen molar-refractivity contribution in [3.8, 4) is 6.07 Å². The average Bonchev–Trinajstić information content (AvgIpc) is 2.30. The summed E-state index contributed by atoms with van der Waals surface area (Å²) in [6, 6.07) is 5.91. The molecule has 0 aliphatic carbocycles. The van der Waals surface area contributed by atoms with Gasteiger partial charge in [-0.15, -0.1) is 0 Å². The number of rotatable bonds is 1. The number of pyridine rings is 1. The molecule has 1 aromatic heterocycles. The molecule has 1 aromatic rings. The summed E-state index contributed by atoms with van der Waals surface area (Å²) in [6.07, 6.45) is 3.97. The van der Waals surface area contributed by atoms with Gasteiger partial charge in [0.2, 0.25) is 0 Å². The number of piperidine rings is 1. The van der Waals surface area contributed by atoms with E-state index in [4.69, 9.17) is 5.26 Å². The molecular weight excluding hydrogens is 174 g/mol. The Labute approximate surface area is 83.8 Å². The van der Waals surface area contributed by atoms with Gasteiger partial charge in [-0.25, -0.2) is 0 Å². The minimum atomic E-state index is 0.573. The Hall–Kier alpha value is -1.40. The van der Waals surface area contributed by atoms with E-state index in [1.807, 2.05) is 12.1 Å². The highest BCUT2D eigenvalue weighted by Gasteiger charge is 2.15. The molecule has 0 aromatic carbocycles. The van der Waals surface area contributed by atoms with Gasteiger partial charge in [-0.1, -0.05) is 0 Å². The smallest absolute Gasteiger partial charge is 0.101 e. The molecule has 1 aliphatic heterocycles. The van der Waals surface area contributed by atoms with Crippen molar-refractivity contribution in [3.05, 3.63) is 29.6 Å². The normalized spacial score (nSPS) is 17.6. The van der Waals surface area contributed by atoms with E-state index in [1.165, 1.54) is 0 Å². The van der Waals surface area contributed by atoms with Crippen LogP contribution in [0.5, 0.6) is 0 Å². The summed E-state index contributed by atoms with van der Waals surface area (Å²) in [5.74, 6) is 0.573. The van der Waals surface area contributed by atoms with Crippen LogP contribution in [0, 0.1) is 11.3 Å². The van der Waals surface area contributed by atoms with Crippen LogP contribution >= 0.6 is 0 Å². The zero-order chi connectivity index (χ0) is 9.80. The highest BCUT2D eigenvalue weighted by atomic mass is 14.9. The van der Waals surface area contributed by atoms with Crippen LogP contribution in [0.1, 0.15) is 30.0 Å². The van der Waals surface area contributed by atoms with E-state index in [-0.39, 0.29) is 0 Å². The van der Waals surface area contributed by atoms with Gasteiger partial charge >= 0.3 is 0 Å². The first kappa shape index (κ1) is 9.17. The second kappa shape index (κ2) is 4.21. The first-order valence-corrected chi connectivity index (χ1v) is 4.97. The van der Waals surface area contributed by atoms with E-state index in [9.17, 15) is 0 Å². The first-order valence-electron chi connectivity index (χ1n) is 4.97. The molecule has 1 N–H and O–H groups in total. The average molecular weight is 187 g/mol. The first-order chi connectivity index (χ1) is 6.90. The molecule has 0 atom stereocenters. The molecule has 72 valence electrons. The molecule has 0 amide bonds. The van der Waals surface area contributed by atoms with Gasteiger partial charge in [0.05, 0.1) is 5.56 Å². The minimum Gasteiger partial charge on any atom is -0.317 e. The number of hydrogen-bond acceptors (Lipinski definition) is 3. The number of nitriles is 1. The van der Waals surface area contributed by atoms with Crippen molar-refractivity contribution in [2.75, 3.05) is 13.1 Å². The summed E-state index contributed by atoms with van der Waals surface area (Å²) < 4.78 is 0. The molecule has 3 heteroatoms. The molecule has 2 rings (SSSR count). The third-order valence-electron chi connectivity index (χ3n) is 2.67. The van der Waals surface area contributed by atoms with Crippen LogP contribution < -0.4 is 5.32 Å². The zero-order valence-electron chi connectivity index (χ0n) is 8.03. The van der Waals surface area contributed by atoms with Gasteiger partial charge in [-0.05, 0) is 38.1 Å². The molecule has 1 saturated heterocycles. The maximum Gasteiger partial charge on any atom is 0.101 e. The summed E-state index contributed by atoms with van der Waals surface area (Å²) in [6.45, 7) is 2.15. The maximum atomic E-state index is 8.64. The molecule has 1 aliphatic rings. The molecule has 0 unspecified atom stereocenters. The number of nitrogens with zero attached hydrogens (tertiary/aromatic N) is 2. The standard InChI is InChI=1S/C11H13N3/c12-7-9-1-2-11(14-8-9)10-3-5-13-6-4-10/h1-2,8,10,13H,3-6H2. The van der Waals surface area contributed by atoms with Crippen LogP contribution in [0.2, 0.25) is 0 Å². The third kappa shape index (κ3) is 1.91. The molecular formula is C11H13N3. The van der Waals surface area contributed by atoms with Crippen molar-refractivity contribution in [1.82, 2.24) is 10.3 Å². The Morgan fingerprint density at radius 2 is 2.14 bits per heavy atom. The van der Waals surface area contributed by atoms with E-state index in [0.717, 1.165) is 31.6 Å². The zero-order valence-corrected chi connectivity index (χ0v) is 8.03. The summed E-state index contributed by atoms with van der Waals surface area (Å²) in [4.78, 5) is 4.32. The van der Waals surface area contributed by atoms with Crippen molar-refractivity contribution in [2.45, 2.75) is 18.8 Å². The van der Waals surface area contributed by atoms with Crippen LogP contribution in [0.4, 0.5) is 0 Å². The number of hydrogen-bond donors (Lipinski definition) is 1. The molecule has 14 heavy (non-hydrogen) atoms. The predicted molar refractivity (Wildman–Crippen MR) is 53.8 cm³/mol. The summed E-state index contributed by atoms with van der Waals surface area (Å²) in [5.41, 5.74) is 1.77. The fourth-order valence-electron chi connectivity index (χ4n) is 1.83. The maximum absolute atomic E-state index is 8.64. The highest BCUT2D eigenvalue weighted by molar-refractivity contribution is 5.27. The highest BCUT2D eigenvalue weighted by Crippen LogP contribution is 2.22. The molecule has 0 spiro atoms. The molecule has 3 nitrogen and oxygen atoms in total.